The van der Waals surface area contributed by atoms with Gasteiger partial charge in [0.05, 0.1) is 26.4 Å². The van der Waals surface area contributed by atoms with Crippen LogP contribution in [-0.4, -0.2) is 37.6 Å². The summed E-state index contributed by atoms with van der Waals surface area (Å²) in [6.07, 6.45) is 126. The second-order valence-electron chi connectivity index (χ2n) is 36.7. The number of hydrogen-bond donors (Lipinski definition) is 0. The fourth-order valence-electron chi connectivity index (χ4n) is 17.5. The van der Waals surface area contributed by atoms with Crippen LogP contribution in [0.4, 0.5) is 0 Å². The van der Waals surface area contributed by atoms with Crippen LogP contribution in [0.15, 0.2) is 0 Å². The lowest BCUT2D eigenvalue weighted by atomic mass is 9.89. The van der Waals surface area contributed by atoms with Gasteiger partial charge in [0.1, 0.15) is 11.2 Å². The lowest BCUT2D eigenvalue weighted by molar-refractivity contribution is -0.387. The van der Waals surface area contributed by atoms with Crippen LogP contribution < -0.4 is 0 Å². The summed E-state index contributed by atoms with van der Waals surface area (Å²) in [6.45, 7) is 16.5. The summed E-state index contributed by atoms with van der Waals surface area (Å²) in [4.78, 5) is 27.3. The predicted molar refractivity (Wildman–Crippen MR) is 489 cm³/mol. The van der Waals surface area contributed by atoms with Gasteiger partial charge in [0, 0.05) is 0 Å². The van der Waals surface area contributed by atoms with E-state index in [1.807, 2.05) is 0 Å². The third-order valence-electron chi connectivity index (χ3n) is 25.3. The van der Waals surface area contributed by atoms with E-state index in [-0.39, 0.29) is 0 Å². The van der Waals surface area contributed by atoms with E-state index < -0.39 is 11.2 Å². The molecule has 0 radical (unpaired) electrons. The first kappa shape index (κ1) is 109. The first-order chi connectivity index (χ1) is 54.1. The smallest absolute Gasteiger partial charge is 0.127 e. The van der Waals surface area contributed by atoms with Crippen LogP contribution in [0.5, 0.6) is 0 Å². The molecule has 0 unspecified atom stereocenters. The largest absolute Gasteiger partial charge is 0.375 e. The molecule has 0 aliphatic rings. The normalized spacial score (nSPS) is 12.2. The van der Waals surface area contributed by atoms with Crippen molar-refractivity contribution in [1.29, 1.82) is 0 Å². The molecule has 0 heterocycles. The van der Waals surface area contributed by atoms with E-state index in [1.54, 1.807) is 0 Å². The molecule has 0 aliphatic carbocycles. The van der Waals surface area contributed by atoms with Gasteiger partial charge in [-0.15, -0.1) is 0 Å². The maximum absolute atomic E-state index is 7.41. The predicted octanol–water partition coefficient (Wildman–Crippen LogP) is 38.4. The van der Waals surface area contributed by atoms with Crippen LogP contribution >= 0.6 is 0 Å². The Morgan fingerprint density at radius 3 is 0.367 bits per heavy atom. The fraction of sp³-hybridized carbons (Fsp3) is 1.00. The van der Waals surface area contributed by atoms with Gasteiger partial charge in [0.2, 0.25) is 0 Å². The Hall–Kier alpha value is -0.200. The average molecular weight is 1540 g/mol. The highest BCUT2D eigenvalue weighted by Gasteiger charge is 2.37. The van der Waals surface area contributed by atoms with Crippen molar-refractivity contribution in [3.05, 3.63) is 0 Å². The van der Waals surface area contributed by atoms with Gasteiger partial charge < -0.3 is 4.74 Å². The van der Waals surface area contributed by atoms with Gasteiger partial charge in [-0.25, -0.2) is 19.6 Å². The van der Waals surface area contributed by atoms with Gasteiger partial charge in [-0.3, -0.25) is 0 Å². The second-order valence-corrected chi connectivity index (χ2v) is 36.7. The van der Waals surface area contributed by atoms with Crippen molar-refractivity contribution in [1.82, 2.24) is 0 Å². The highest BCUT2D eigenvalue weighted by molar-refractivity contribution is 4.84. The molecule has 0 saturated carbocycles. The van der Waals surface area contributed by atoms with Crippen molar-refractivity contribution in [3.8, 4) is 0 Å². The Balaban J connectivity index is 6.57. The molecule has 0 aromatic rings. The zero-order chi connectivity index (χ0) is 78.4. The van der Waals surface area contributed by atoms with E-state index in [4.69, 9.17) is 24.3 Å². The zero-order valence-corrected chi connectivity index (χ0v) is 76.9. The van der Waals surface area contributed by atoms with Gasteiger partial charge in [-0.05, 0) is 38.5 Å². The van der Waals surface area contributed by atoms with Crippen LogP contribution in [0.25, 0.3) is 0 Å². The van der Waals surface area contributed by atoms with Gasteiger partial charge in [-0.2, -0.15) is 0 Å². The van der Waals surface area contributed by atoms with Crippen molar-refractivity contribution in [2.75, 3.05) is 26.4 Å². The van der Waals surface area contributed by atoms with Crippen LogP contribution in [0.3, 0.4) is 0 Å². The van der Waals surface area contributed by atoms with E-state index in [1.165, 1.54) is 552 Å². The fourth-order valence-corrected chi connectivity index (χ4v) is 17.5. The molecule has 0 fully saturated rings. The number of ether oxygens (including phenoxy) is 1. The van der Waals surface area contributed by atoms with Crippen LogP contribution in [-0.2, 0) is 24.3 Å². The molecular formula is C104H210O5. The SMILES string of the molecule is CCCCCCCCCCCCCCCCCCOOC(CCCCCCCCCCCCCCCC)(CCCCCCCCCCCCCCCC)COCC(CCCCCCCCCCCCCCCC)(CCCCCCCCCCCCCCCC)OOCCCCCCCCCCCCCCCCCC. The molecule has 5 heteroatoms. The minimum Gasteiger partial charge on any atom is -0.375 e. The summed E-state index contributed by atoms with van der Waals surface area (Å²) < 4.78 is 7.41. The van der Waals surface area contributed by atoms with Crippen LogP contribution in [0.1, 0.15) is 632 Å². The van der Waals surface area contributed by atoms with Crippen molar-refractivity contribution >= 4 is 0 Å². The lowest BCUT2D eigenvalue weighted by Gasteiger charge is -2.36. The summed E-state index contributed by atoms with van der Waals surface area (Å²) in [5.41, 5.74) is -0.902. The molecular weight excluding hydrogens is 1330 g/mol. The molecule has 0 N–H and O–H groups in total. The van der Waals surface area contributed by atoms with E-state index in [9.17, 15) is 0 Å². The summed E-state index contributed by atoms with van der Waals surface area (Å²) in [5.74, 6) is 0. The molecule has 656 valence electrons. The minimum atomic E-state index is -0.451. The van der Waals surface area contributed by atoms with Crippen molar-refractivity contribution in [3.63, 3.8) is 0 Å². The number of rotatable bonds is 102. The molecule has 0 aromatic carbocycles. The molecule has 0 saturated heterocycles. The zero-order valence-electron chi connectivity index (χ0n) is 76.9. The summed E-state index contributed by atoms with van der Waals surface area (Å²) in [5, 5.41) is 0. The van der Waals surface area contributed by atoms with E-state index in [2.05, 4.69) is 41.5 Å². The third kappa shape index (κ3) is 87.0. The van der Waals surface area contributed by atoms with Gasteiger partial charge in [0.15, 0.2) is 0 Å². The second kappa shape index (κ2) is 96.6. The molecule has 5 nitrogen and oxygen atoms in total. The minimum absolute atomic E-state index is 0.451. The third-order valence-corrected chi connectivity index (χ3v) is 25.3. The molecule has 0 spiro atoms. The Labute approximate surface area is 690 Å². The highest BCUT2D eigenvalue weighted by Crippen LogP contribution is 2.34. The van der Waals surface area contributed by atoms with Crippen molar-refractivity contribution in [2.24, 2.45) is 0 Å². The molecule has 0 rings (SSSR count). The summed E-state index contributed by atoms with van der Waals surface area (Å²) in [7, 11) is 0. The topological polar surface area (TPSA) is 46.2 Å². The Bertz CT molecular complexity index is 1390. The quantitative estimate of drug-likeness (QED) is 0.0345. The summed E-state index contributed by atoms with van der Waals surface area (Å²) in [6, 6.07) is 0. The average Bonchev–Trinajstić information content (AvgIpc) is 0.849. The van der Waals surface area contributed by atoms with Crippen LogP contribution in [0.2, 0.25) is 0 Å². The monoisotopic (exact) mass is 1540 g/mol. The maximum atomic E-state index is 7.41. The van der Waals surface area contributed by atoms with Crippen molar-refractivity contribution in [2.45, 2.75) is 643 Å². The molecule has 0 atom stereocenters. The number of unbranched alkanes of at least 4 members (excludes halogenated alkanes) is 82. The van der Waals surface area contributed by atoms with Gasteiger partial charge >= 0.3 is 0 Å². The van der Waals surface area contributed by atoms with Crippen molar-refractivity contribution < 1.29 is 24.3 Å². The van der Waals surface area contributed by atoms with Crippen LogP contribution in [0, 0.1) is 0 Å². The Morgan fingerprint density at radius 2 is 0.239 bits per heavy atom. The molecule has 0 aliphatic heterocycles. The standard InChI is InChI=1S/C104H210O5/c1-7-13-19-25-31-37-43-49-55-57-63-69-75-81-87-93-99-106-108-103(95-89-83-77-71-65-59-51-45-39-33-27-21-15-9-3,96-90-84-78-72-66-60-52-46-40-34-28-22-16-10-4)101-105-102-104(97-91-85-79-73-67-61-53-47-41-35-29-23-17-11-5,98-92-86-80-74-68-62-54-48-42-36-30-24-18-12-6)109-107-100-94-88-82-76-70-64-58-56-50-44-38-32-26-20-14-8-2/h7-102H2,1-6H3. The first-order valence-corrected chi connectivity index (χ1v) is 52.3. The molecule has 0 amide bonds. The van der Waals surface area contributed by atoms with Gasteiger partial charge in [0.25, 0.3) is 0 Å². The van der Waals surface area contributed by atoms with E-state index >= 15 is 0 Å². The molecule has 109 heavy (non-hydrogen) atoms. The molecule has 0 bridgehead atoms. The first-order valence-electron chi connectivity index (χ1n) is 52.3. The Morgan fingerprint density at radius 1 is 0.128 bits per heavy atom. The Kier molecular flexibility index (Phi) is 96.5. The number of hydrogen-bond acceptors (Lipinski definition) is 5. The van der Waals surface area contributed by atoms with E-state index in [0.717, 1.165) is 38.5 Å². The highest BCUT2D eigenvalue weighted by atomic mass is 17.2. The van der Waals surface area contributed by atoms with Gasteiger partial charge in [-0.1, -0.05) is 594 Å². The maximum Gasteiger partial charge on any atom is 0.127 e. The van der Waals surface area contributed by atoms with E-state index in [0.29, 0.717) is 26.4 Å². The summed E-state index contributed by atoms with van der Waals surface area (Å²) >= 11 is 0. The molecule has 0 aromatic heterocycles. The lowest BCUT2D eigenvalue weighted by Crippen LogP contribution is -2.43.